The van der Waals surface area contributed by atoms with Crippen molar-refractivity contribution in [1.29, 1.82) is 0 Å². The molecule has 1 unspecified atom stereocenters. The van der Waals surface area contributed by atoms with E-state index in [0.717, 1.165) is 16.1 Å². The van der Waals surface area contributed by atoms with Crippen molar-refractivity contribution in [2.75, 3.05) is 0 Å². The van der Waals surface area contributed by atoms with E-state index in [2.05, 4.69) is 51.6 Å². The monoisotopic (exact) mass is 379 g/mol. The third-order valence-electron chi connectivity index (χ3n) is 4.64. The van der Waals surface area contributed by atoms with Gasteiger partial charge < -0.3 is 9.26 Å². The average molecular weight is 379 g/mol. The van der Waals surface area contributed by atoms with Gasteiger partial charge in [-0.2, -0.15) is 4.98 Å². The molecule has 0 amide bonds. The Bertz CT molecular complexity index is 1100. The van der Waals surface area contributed by atoms with Crippen LogP contribution in [0.1, 0.15) is 27.8 Å². The van der Waals surface area contributed by atoms with Crippen molar-refractivity contribution < 1.29 is 9.26 Å². The Morgan fingerprint density at radius 1 is 1.11 bits per heavy atom. The number of benzene rings is 1. The maximum atomic E-state index is 6.06. The highest BCUT2D eigenvalue weighted by atomic mass is 32.1. The zero-order valence-corrected chi connectivity index (χ0v) is 15.7. The van der Waals surface area contributed by atoms with Gasteiger partial charge in [0.2, 0.25) is 5.82 Å². The van der Waals surface area contributed by atoms with E-state index in [1.807, 2.05) is 23.7 Å². The molecule has 3 aromatic heterocycles. The maximum Gasteiger partial charge on any atom is 0.268 e. The molecular formula is C19H17N5O2S. The normalized spacial score (nSPS) is 16.4. The van der Waals surface area contributed by atoms with Crippen LogP contribution in [0, 0.1) is 13.8 Å². The first-order valence-corrected chi connectivity index (χ1v) is 9.50. The number of hydrogen-bond acceptors (Lipinski definition) is 7. The van der Waals surface area contributed by atoms with Crippen LogP contribution in [0.4, 0.5) is 0 Å². The third-order valence-corrected chi connectivity index (χ3v) is 5.62. The molecule has 0 radical (unpaired) electrons. The molecule has 0 spiro atoms. The van der Waals surface area contributed by atoms with Gasteiger partial charge in [0, 0.05) is 4.88 Å². The molecule has 0 saturated carbocycles. The van der Waals surface area contributed by atoms with Gasteiger partial charge in [0.25, 0.3) is 5.89 Å². The van der Waals surface area contributed by atoms with Crippen LogP contribution in [0.5, 0.6) is 0 Å². The van der Waals surface area contributed by atoms with Crippen molar-refractivity contribution in [3.8, 4) is 22.3 Å². The van der Waals surface area contributed by atoms with Crippen molar-refractivity contribution in [2.45, 2.75) is 33.1 Å². The van der Waals surface area contributed by atoms with E-state index >= 15 is 0 Å². The molecule has 4 aromatic rings. The van der Waals surface area contributed by atoms with E-state index in [9.17, 15) is 0 Å². The number of hydrogen-bond donors (Lipinski definition) is 0. The van der Waals surface area contributed by atoms with Gasteiger partial charge in [-0.3, -0.25) is 0 Å². The molecule has 1 atom stereocenters. The van der Waals surface area contributed by atoms with Crippen LogP contribution in [0.25, 0.3) is 22.3 Å². The van der Waals surface area contributed by atoms with Crippen LogP contribution in [0.3, 0.4) is 0 Å². The summed E-state index contributed by atoms with van der Waals surface area (Å²) in [6.07, 6.45) is -0.0393. The van der Waals surface area contributed by atoms with Crippen molar-refractivity contribution in [1.82, 2.24) is 25.1 Å². The van der Waals surface area contributed by atoms with E-state index in [1.54, 1.807) is 11.3 Å². The average Bonchev–Trinajstić information content (AvgIpc) is 3.40. The van der Waals surface area contributed by atoms with Gasteiger partial charge in [-0.25, -0.2) is 4.68 Å². The summed E-state index contributed by atoms with van der Waals surface area (Å²) in [6.45, 7) is 5.13. The van der Waals surface area contributed by atoms with Crippen molar-refractivity contribution >= 4 is 11.3 Å². The predicted octanol–water partition coefficient (Wildman–Crippen LogP) is 3.94. The molecule has 0 N–H and O–H groups in total. The Morgan fingerprint density at radius 3 is 2.74 bits per heavy atom. The van der Waals surface area contributed by atoms with Crippen LogP contribution >= 0.6 is 11.3 Å². The lowest BCUT2D eigenvalue weighted by Crippen LogP contribution is -2.22. The molecule has 4 heterocycles. The Kier molecular flexibility index (Phi) is 3.87. The van der Waals surface area contributed by atoms with Crippen molar-refractivity contribution in [3.05, 3.63) is 58.1 Å². The molecule has 0 aliphatic carbocycles. The second-order valence-electron chi connectivity index (χ2n) is 6.61. The summed E-state index contributed by atoms with van der Waals surface area (Å²) < 4.78 is 13.3. The maximum absolute atomic E-state index is 6.06. The highest BCUT2D eigenvalue weighted by Crippen LogP contribution is 2.32. The molecule has 136 valence electrons. The summed E-state index contributed by atoms with van der Waals surface area (Å²) in [6, 6.07) is 12.4. The van der Waals surface area contributed by atoms with Crippen molar-refractivity contribution in [3.63, 3.8) is 0 Å². The summed E-state index contributed by atoms with van der Waals surface area (Å²) in [7, 11) is 0. The largest absolute Gasteiger partial charge is 0.365 e. The number of rotatable bonds is 3. The minimum atomic E-state index is -0.0393. The van der Waals surface area contributed by atoms with Gasteiger partial charge in [0.1, 0.15) is 6.10 Å². The molecule has 1 aliphatic heterocycles. The quantitative estimate of drug-likeness (QED) is 0.536. The molecule has 8 heteroatoms. The lowest BCUT2D eigenvalue weighted by Gasteiger charge is -2.24. The summed E-state index contributed by atoms with van der Waals surface area (Å²) >= 11 is 1.62. The molecule has 5 rings (SSSR count). The Labute approximate surface area is 159 Å². The minimum Gasteiger partial charge on any atom is -0.365 e. The molecule has 0 fully saturated rings. The smallest absolute Gasteiger partial charge is 0.268 e. The summed E-state index contributed by atoms with van der Waals surface area (Å²) in [5, 5.41) is 12.6. The number of aromatic nitrogens is 5. The standard InChI is InChI=1S/C19H17N5O2S/c1-11-3-6-13(7-4-11)15-9-24-14(10-25-15)17(21-23-24)18-20-19(26-22-18)16-8-5-12(2)27-16/h3-8,15H,9-10H2,1-2H3. The number of fused-ring (bicyclic) bond motifs is 1. The Balaban J connectivity index is 1.41. The zero-order valence-electron chi connectivity index (χ0n) is 14.9. The van der Waals surface area contributed by atoms with Crippen LogP contribution in [0.2, 0.25) is 0 Å². The fraction of sp³-hybridized carbons (Fsp3) is 0.263. The molecule has 0 saturated heterocycles. The second-order valence-corrected chi connectivity index (χ2v) is 7.90. The zero-order chi connectivity index (χ0) is 18.4. The van der Waals surface area contributed by atoms with Gasteiger partial charge in [-0.05, 0) is 31.5 Å². The summed E-state index contributed by atoms with van der Waals surface area (Å²) in [5.41, 5.74) is 3.85. The molecule has 27 heavy (non-hydrogen) atoms. The van der Waals surface area contributed by atoms with Gasteiger partial charge in [-0.1, -0.05) is 40.2 Å². The molecule has 1 aliphatic rings. The van der Waals surface area contributed by atoms with Gasteiger partial charge >= 0.3 is 0 Å². The fourth-order valence-electron chi connectivity index (χ4n) is 3.14. The van der Waals surface area contributed by atoms with Crippen LogP contribution in [-0.2, 0) is 17.9 Å². The van der Waals surface area contributed by atoms with E-state index < -0.39 is 0 Å². The first kappa shape index (κ1) is 16.3. The number of thiophene rings is 1. The third kappa shape index (κ3) is 2.96. The first-order chi connectivity index (χ1) is 13.2. The molecule has 7 nitrogen and oxygen atoms in total. The Hall–Kier alpha value is -2.84. The molecular weight excluding hydrogens is 362 g/mol. The minimum absolute atomic E-state index is 0.0393. The van der Waals surface area contributed by atoms with Gasteiger partial charge in [-0.15, -0.1) is 16.4 Å². The molecule has 0 bridgehead atoms. The highest BCUT2D eigenvalue weighted by molar-refractivity contribution is 7.15. The predicted molar refractivity (Wildman–Crippen MR) is 100 cm³/mol. The second kappa shape index (κ2) is 6.40. The number of aryl methyl sites for hydroxylation is 2. The van der Waals surface area contributed by atoms with Gasteiger partial charge in [0.05, 0.1) is 23.7 Å². The van der Waals surface area contributed by atoms with E-state index in [0.29, 0.717) is 30.6 Å². The van der Waals surface area contributed by atoms with Crippen LogP contribution < -0.4 is 0 Å². The number of ether oxygens (including phenoxy) is 1. The fourth-order valence-corrected chi connectivity index (χ4v) is 3.93. The topological polar surface area (TPSA) is 78.9 Å². The lowest BCUT2D eigenvalue weighted by molar-refractivity contribution is -0.00112. The van der Waals surface area contributed by atoms with Crippen molar-refractivity contribution in [2.24, 2.45) is 0 Å². The highest BCUT2D eigenvalue weighted by Gasteiger charge is 2.27. The summed E-state index contributed by atoms with van der Waals surface area (Å²) in [5.74, 6) is 0.939. The van der Waals surface area contributed by atoms with Crippen LogP contribution in [-0.4, -0.2) is 25.1 Å². The summed E-state index contributed by atoms with van der Waals surface area (Å²) in [4.78, 5) is 6.64. The SMILES string of the molecule is Cc1ccc(C2Cn3nnc(-c4noc(-c5ccc(C)s5)n4)c3CO2)cc1. The van der Waals surface area contributed by atoms with Gasteiger partial charge in [0.15, 0.2) is 5.69 Å². The lowest BCUT2D eigenvalue weighted by atomic mass is 10.1. The first-order valence-electron chi connectivity index (χ1n) is 8.69. The van der Waals surface area contributed by atoms with Crippen LogP contribution in [0.15, 0.2) is 40.9 Å². The van der Waals surface area contributed by atoms with E-state index in [-0.39, 0.29) is 6.10 Å². The number of nitrogens with zero attached hydrogens (tertiary/aromatic N) is 5. The van der Waals surface area contributed by atoms with E-state index in [4.69, 9.17) is 9.26 Å². The van der Waals surface area contributed by atoms with E-state index in [1.165, 1.54) is 10.4 Å². The Morgan fingerprint density at radius 2 is 1.96 bits per heavy atom. The molecule has 1 aromatic carbocycles.